The molecule has 1 unspecified atom stereocenters. The highest BCUT2D eigenvalue weighted by Crippen LogP contribution is 2.44. The number of amides is 1. The van der Waals surface area contributed by atoms with E-state index in [0.717, 1.165) is 29.1 Å². The highest BCUT2D eigenvalue weighted by molar-refractivity contribution is 7.17. The van der Waals surface area contributed by atoms with E-state index in [1.807, 2.05) is 20.8 Å². The van der Waals surface area contributed by atoms with Crippen LogP contribution < -0.4 is 9.64 Å². The monoisotopic (exact) mass is 593 g/mol. The van der Waals surface area contributed by atoms with Gasteiger partial charge in [-0.25, -0.2) is 9.78 Å². The van der Waals surface area contributed by atoms with Gasteiger partial charge in [0.25, 0.3) is 11.5 Å². The van der Waals surface area contributed by atoms with Crippen molar-refractivity contribution in [2.24, 2.45) is 5.92 Å². The molecule has 2 aromatic carbocycles. The SMILES string of the molecule is CCCCOc1ccc(C(O)=C2C(=O)C(=O)N(c3nc(C)c(C(=O)OCC(C)C)s3)C2c2cccc([N+](=O)[O-])c2)cc1. The summed E-state index contributed by atoms with van der Waals surface area (Å²) in [6.45, 7) is 8.12. The van der Waals surface area contributed by atoms with Crippen molar-refractivity contribution < 1.29 is 33.9 Å². The number of nitro benzene ring substituents is 1. The number of ketones is 1. The largest absolute Gasteiger partial charge is 0.507 e. The number of anilines is 1. The first-order valence-corrected chi connectivity index (χ1v) is 14.3. The summed E-state index contributed by atoms with van der Waals surface area (Å²) in [5.74, 6) is -2.39. The first-order chi connectivity index (χ1) is 20.0. The van der Waals surface area contributed by atoms with Crippen molar-refractivity contribution in [3.05, 3.63) is 85.9 Å². The first-order valence-electron chi connectivity index (χ1n) is 13.5. The summed E-state index contributed by atoms with van der Waals surface area (Å²) in [4.78, 5) is 56.3. The zero-order valence-electron chi connectivity index (χ0n) is 23.7. The lowest BCUT2D eigenvalue weighted by Gasteiger charge is -2.22. The number of aliphatic hydroxyl groups is 1. The number of hydrogen-bond acceptors (Lipinski definition) is 10. The highest BCUT2D eigenvalue weighted by atomic mass is 32.1. The molecule has 1 amide bonds. The number of aliphatic hydroxyl groups excluding tert-OH is 1. The van der Waals surface area contributed by atoms with Gasteiger partial charge in [0, 0.05) is 17.7 Å². The Balaban J connectivity index is 1.82. The molecule has 0 bridgehead atoms. The normalized spacial score (nSPS) is 16.2. The average Bonchev–Trinajstić information content (AvgIpc) is 3.48. The van der Waals surface area contributed by atoms with E-state index in [9.17, 15) is 29.6 Å². The molecule has 2 heterocycles. The van der Waals surface area contributed by atoms with Crippen LogP contribution in [0.3, 0.4) is 0 Å². The predicted molar refractivity (Wildman–Crippen MR) is 157 cm³/mol. The summed E-state index contributed by atoms with van der Waals surface area (Å²) < 4.78 is 11.0. The number of nitrogens with zero attached hydrogens (tertiary/aromatic N) is 3. The molecule has 4 rings (SSSR count). The summed E-state index contributed by atoms with van der Waals surface area (Å²) in [7, 11) is 0. The number of esters is 1. The van der Waals surface area contributed by atoms with Crippen LogP contribution in [-0.2, 0) is 14.3 Å². The van der Waals surface area contributed by atoms with E-state index in [0.29, 0.717) is 18.1 Å². The van der Waals surface area contributed by atoms with E-state index in [2.05, 4.69) is 4.98 Å². The van der Waals surface area contributed by atoms with Gasteiger partial charge < -0.3 is 14.6 Å². The fourth-order valence-electron chi connectivity index (χ4n) is 4.34. The third-order valence-corrected chi connectivity index (χ3v) is 7.60. The van der Waals surface area contributed by atoms with Crippen molar-refractivity contribution in [1.82, 2.24) is 4.98 Å². The summed E-state index contributed by atoms with van der Waals surface area (Å²) in [6.07, 6.45) is 1.84. The van der Waals surface area contributed by atoms with Crippen molar-refractivity contribution in [3.63, 3.8) is 0 Å². The van der Waals surface area contributed by atoms with Crippen molar-refractivity contribution in [2.75, 3.05) is 18.1 Å². The molecular formula is C30H31N3O8S. The van der Waals surface area contributed by atoms with E-state index in [-0.39, 0.29) is 44.9 Å². The number of Topliss-reactive ketones (excluding diaryl/α,β-unsaturated/α-hetero) is 1. The predicted octanol–water partition coefficient (Wildman–Crippen LogP) is 5.98. The number of unbranched alkanes of at least 4 members (excludes halogenated alkanes) is 1. The number of hydrogen-bond donors (Lipinski definition) is 1. The van der Waals surface area contributed by atoms with Crippen LogP contribution in [0.1, 0.15) is 66.1 Å². The van der Waals surface area contributed by atoms with Crippen LogP contribution in [0.2, 0.25) is 0 Å². The fraction of sp³-hybridized carbons (Fsp3) is 0.333. The Morgan fingerprint density at radius 1 is 1.19 bits per heavy atom. The minimum atomic E-state index is -1.25. The Kier molecular flexibility index (Phi) is 9.36. The molecule has 3 aromatic rings. The Morgan fingerprint density at radius 3 is 2.55 bits per heavy atom. The van der Waals surface area contributed by atoms with E-state index < -0.39 is 34.4 Å². The quantitative estimate of drug-likeness (QED) is 0.0539. The second-order valence-corrected chi connectivity index (χ2v) is 11.1. The number of non-ortho nitro benzene ring substituents is 1. The summed E-state index contributed by atoms with van der Waals surface area (Å²) in [5.41, 5.74) is 0.222. The van der Waals surface area contributed by atoms with Gasteiger partial charge in [0.1, 0.15) is 16.4 Å². The van der Waals surface area contributed by atoms with Gasteiger partial charge in [0.2, 0.25) is 0 Å². The van der Waals surface area contributed by atoms with Gasteiger partial charge in [0.05, 0.1) is 35.4 Å². The van der Waals surface area contributed by atoms with Crippen molar-refractivity contribution in [2.45, 2.75) is 46.6 Å². The Labute approximate surface area is 246 Å². The van der Waals surface area contributed by atoms with Crippen LogP contribution in [0, 0.1) is 23.0 Å². The van der Waals surface area contributed by atoms with Crippen LogP contribution in [0.25, 0.3) is 5.76 Å². The Morgan fingerprint density at radius 2 is 1.90 bits per heavy atom. The van der Waals surface area contributed by atoms with Crippen LogP contribution in [0.4, 0.5) is 10.8 Å². The van der Waals surface area contributed by atoms with Crippen molar-refractivity contribution >= 4 is 45.6 Å². The summed E-state index contributed by atoms with van der Waals surface area (Å²) in [5, 5.41) is 23.0. The minimum absolute atomic E-state index is 0.0151. The number of rotatable bonds is 11. The average molecular weight is 594 g/mol. The molecule has 12 heteroatoms. The van der Waals surface area contributed by atoms with Crippen molar-refractivity contribution in [1.29, 1.82) is 0 Å². The number of carbonyl (C=O) groups is 3. The number of nitro groups is 1. The molecule has 1 saturated heterocycles. The van der Waals surface area contributed by atoms with E-state index >= 15 is 0 Å². The second kappa shape index (κ2) is 12.9. The number of aryl methyl sites for hydroxylation is 1. The zero-order chi connectivity index (χ0) is 30.6. The smallest absolute Gasteiger partial charge is 0.350 e. The van der Waals surface area contributed by atoms with Gasteiger partial charge in [-0.05, 0) is 49.1 Å². The third kappa shape index (κ3) is 6.33. The van der Waals surface area contributed by atoms with Crippen LogP contribution >= 0.6 is 11.3 Å². The van der Waals surface area contributed by atoms with Gasteiger partial charge in [-0.15, -0.1) is 0 Å². The first kappa shape index (κ1) is 30.4. The van der Waals surface area contributed by atoms with E-state index in [1.165, 1.54) is 24.3 Å². The molecule has 42 heavy (non-hydrogen) atoms. The minimum Gasteiger partial charge on any atom is -0.507 e. The standard InChI is InChI=1S/C30H31N3O8S/c1-5-6-14-40-22-12-10-19(11-13-22)25(34)23-24(20-8-7-9-21(15-20)33(38)39)32(28(36)26(23)35)30-31-18(4)27(42-30)29(37)41-16-17(2)3/h7-13,15,17,24,34H,5-6,14,16H2,1-4H3. The van der Waals surface area contributed by atoms with Gasteiger partial charge in [0.15, 0.2) is 5.13 Å². The molecule has 220 valence electrons. The van der Waals surface area contributed by atoms with Gasteiger partial charge in [-0.1, -0.05) is 50.7 Å². The fourth-order valence-corrected chi connectivity index (χ4v) is 5.32. The molecule has 1 N–H and O–H groups in total. The third-order valence-electron chi connectivity index (χ3n) is 6.46. The molecule has 1 fully saturated rings. The van der Waals surface area contributed by atoms with Crippen molar-refractivity contribution in [3.8, 4) is 5.75 Å². The molecule has 1 atom stereocenters. The maximum atomic E-state index is 13.5. The summed E-state index contributed by atoms with van der Waals surface area (Å²) >= 11 is 0.865. The maximum Gasteiger partial charge on any atom is 0.350 e. The molecule has 1 aliphatic rings. The van der Waals surface area contributed by atoms with E-state index in [4.69, 9.17) is 9.47 Å². The summed E-state index contributed by atoms with van der Waals surface area (Å²) in [6, 6.07) is 10.6. The molecule has 1 aromatic heterocycles. The maximum absolute atomic E-state index is 13.5. The number of ether oxygens (including phenoxy) is 2. The Hall–Kier alpha value is -4.58. The number of thiazole rings is 1. The van der Waals surface area contributed by atoms with Gasteiger partial charge in [-0.2, -0.15) is 0 Å². The molecule has 0 spiro atoms. The lowest BCUT2D eigenvalue weighted by molar-refractivity contribution is -0.384. The second-order valence-electron chi connectivity index (χ2n) is 10.2. The van der Waals surface area contributed by atoms with E-state index in [1.54, 1.807) is 31.2 Å². The number of aromatic nitrogens is 1. The molecule has 1 aliphatic heterocycles. The molecule has 0 saturated carbocycles. The molecule has 0 aliphatic carbocycles. The highest BCUT2D eigenvalue weighted by Gasteiger charge is 2.48. The lowest BCUT2D eigenvalue weighted by Crippen LogP contribution is -2.29. The molecule has 11 nitrogen and oxygen atoms in total. The lowest BCUT2D eigenvalue weighted by atomic mass is 9.95. The molecule has 0 radical (unpaired) electrons. The molecular weight excluding hydrogens is 562 g/mol. The number of benzene rings is 2. The topological polar surface area (TPSA) is 149 Å². The van der Waals surface area contributed by atoms with Gasteiger partial charge in [-0.3, -0.25) is 24.6 Å². The van der Waals surface area contributed by atoms with Crippen LogP contribution in [0.15, 0.2) is 54.1 Å². The number of carbonyl (C=O) groups excluding carboxylic acids is 3. The van der Waals surface area contributed by atoms with Crippen LogP contribution in [-0.4, -0.2) is 45.9 Å². The van der Waals surface area contributed by atoms with Crippen LogP contribution in [0.5, 0.6) is 5.75 Å². The van der Waals surface area contributed by atoms with Gasteiger partial charge >= 0.3 is 11.9 Å². The Bertz CT molecular complexity index is 1540. The zero-order valence-corrected chi connectivity index (χ0v) is 24.5.